The minimum atomic E-state index is -0.784. The lowest BCUT2D eigenvalue weighted by molar-refractivity contribution is -0.167. The number of rotatable bonds is 67. The van der Waals surface area contributed by atoms with Crippen LogP contribution in [0.4, 0.5) is 0 Å². The van der Waals surface area contributed by atoms with E-state index in [1.807, 2.05) is 0 Å². The molecule has 0 aromatic rings. The summed E-state index contributed by atoms with van der Waals surface area (Å²) >= 11 is 0. The summed E-state index contributed by atoms with van der Waals surface area (Å²) in [5.41, 5.74) is 0. The molecular formula is C77H138O6. The van der Waals surface area contributed by atoms with Gasteiger partial charge in [0.1, 0.15) is 13.2 Å². The van der Waals surface area contributed by atoms with Gasteiger partial charge in [-0.05, 0) is 89.9 Å². The number of allylic oxidation sites excluding steroid dienone is 12. The van der Waals surface area contributed by atoms with Crippen LogP contribution < -0.4 is 0 Å². The molecule has 0 rings (SSSR count). The van der Waals surface area contributed by atoms with E-state index < -0.39 is 6.10 Å². The number of carbonyl (C=O) groups excluding carboxylic acids is 3. The second kappa shape index (κ2) is 71.3. The first kappa shape index (κ1) is 79.8. The lowest BCUT2D eigenvalue weighted by Gasteiger charge is -2.18. The molecule has 0 aliphatic heterocycles. The van der Waals surface area contributed by atoms with Gasteiger partial charge >= 0.3 is 17.9 Å². The van der Waals surface area contributed by atoms with Crippen molar-refractivity contribution in [1.29, 1.82) is 0 Å². The van der Waals surface area contributed by atoms with E-state index in [9.17, 15) is 14.4 Å². The maximum Gasteiger partial charge on any atom is 0.306 e. The SMILES string of the molecule is CC/C=C\C/C=C\C/C=C\C/C=C\C/C=C\CCCCCCCC(=O)OC(COC(=O)CCCCCCCCCCC)COC(=O)CCCCCCCCCCCCCCCCCCCCCCCCC/C=C\CCCCCCCCCC. The summed E-state index contributed by atoms with van der Waals surface area (Å²) in [5, 5.41) is 0. The van der Waals surface area contributed by atoms with E-state index in [1.54, 1.807) is 0 Å². The van der Waals surface area contributed by atoms with Crippen LogP contribution in [-0.2, 0) is 28.6 Å². The first-order valence-electron chi connectivity index (χ1n) is 36.4. The van der Waals surface area contributed by atoms with Gasteiger partial charge in [0.25, 0.3) is 0 Å². The zero-order valence-electron chi connectivity index (χ0n) is 55.5. The Bertz CT molecular complexity index is 1520. The summed E-state index contributed by atoms with van der Waals surface area (Å²) in [5.74, 6) is -0.882. The Hall–Kier alpha value is -3.15. The van der Waals surface area contributed by atoms with Gasteiger partial charge in [-0.2, -0.15) is 0 Å². The van der Waals surface area contributed by atoms with E-state index in [2.05, 4.69) is 93.7 Å². The zero-order chi connectivity index (χ0) is 59.9. The van der Waals surface area contributed by atoms with Crippen LogP contribution in [0.1, 0.15) is 380 Å². The maximum absolute atomic E-state index is 12.9. The third-order valence-corrected chi connectivity index (χ3v) is 16.2. The van der Waals surface area contributed by atoms with Crippen molar-refractivity contribution in [2.24, 2.45) is 0 Å². The molecule has 0 fully saturated rings. The number of carbonyl (C=O) groups is 3. The average molecular weight is 1160 g/mol. The normalized spacial score (nSPS) is 12.5. The largest absolute Gasteiger partial charge is 0.462 e. The standard InChI is InChI=1S/C77H138O6/c1-4-7-10-13-16-19-21-23-25-27-29-31-32-33-34-35-36-37-38-39-40-41-42-43-44-46-47-49-51-53-55-58-61-64-67-70-76(79)82-73-74(72-81-75(78)69-66-63-60-57-18-15-12-9-6-3)83-77(80)71-68-65-62-59-56-54-52-50-48-45-30-28-26-24-22-20-17-14-11-8-5-2/h8,11,17,20,24,26-27,29-30,45,50,52,74H,4-7,9-10,12-16,18-19,21-23,25,28,31-44,46-49,51,53-73H2,1-3H3/b11-8-,20-17-,26-24-,29-27-,45-30-,52-50-. The van der Waals surface area contributed by atoms with Crippen molar-refractivity contribution in [3.8, 4) is 0 Å². The van der Waals surface area contributed by atoms with Crippen molar-refractivity contribution in [3.63, 3.8) is 0 Å². The Morgan fingerprint density at radius 3 is 0.747 bits per heavy atom. The molecule has 0 aromatic carbocycles. The van der Waals surface area contributed by atoms with Crippen LogP contribution in [0, 0.1) is 0 Å². The molecule has 0 N–H and O–H groups in total. The minimum absolute atomic E-state index is 0.0792. The molecule has 0 radical (unpaired) electrons. The van der Waals surface area contributed by atoms with Gasteiger partial charge in [0.2, 0.25) is 0 Å². The van der Waals surface area contributed by atoms with Gasteiger partial charge in [-0.3, -0.25) is 14.4 Å². The van der Waals surface area contributed by atoms with Crippen molar-refractivity contribution in [2.75, 3.05) is 13.2 Å². The third kappa shape index (κ3) is 69.5. The lowest BCUT2D eigenvalue weighted by atomic mass is 10.0. The first-order valence-corrected chi connectivity index (χ1v) is 36.4. The molecule has 0 aliphatic carbocycles. The Kier molecular flexibility index (Phi) is 68.6. The van der Waals surface area contributed by atoms with Crippen LogP contribution in [0.25, 0.3) is 0 Å². The van der Waals surface area contributed by atoms with E-state index in [4.69, 9.17) is 14.2 Å². The first-order chi connectivity index (χ1) is 41.0. The molecule has 0 bridgehead atoms. The smallest absolute Gasteiger partial charge is 0.306 e. The van der Waals surface area contributed by atoms with Crippen molar-refractivity contribution in [2.45, 2.75) is 386 Å². The Morgan fingerprint density at radius 2 is 0.470 bits per heavy atom. The summed E-state index contributed by atoms with van der Waals surface area (Å²) < 4.78 is 16.9. The van der Waals surface area contributed by atoms with Crippen molar-refractivity contribution in [3.05, 3.63) is 72.9 Å². The second-order valence-electron chi connectivity index (χ2n) is 24.5. The monoisotopic (exact) mass is 1160 g/mol. The van der Waals surface area contributed by atoms with E-state index in [0.717, 1.165) is 109 Å². The summed E-state index contributed by atoms with van der Waals surface area (Å²) in [4.78, 5) is 38.3. The average Bonchev–Trinajstić information content (AvgIpc) is 3.49. The highest BCUT2D eigenvalue weighted by molar-refractivity contribution is 5.71. The summed E-state index contributed by atoms with van der Waals surface area (Å²) in [7, 11) is 0. The van der Waals surface area contributed by atoms with E-state index in [1.165, 1.54) is 231 Å². The zero-order valence-corrected chi connectivity index (χ0v) is 55.5. The van der Waals surface area contributed by atoms with Gasteiger partial charge in [0.15, 0.2) is 6.10 Å². The van der Waals surface area contributed by atoms with Crippen molar-refractivity contribution >= 4 is 17.9 Å². The maximum atomic E-state index is 12.9. The van der Waals surface area contributed by atoms with Gasteiger partial charge in [0.05, 0.1) is 0 Å². The molecule has 1 unspecified atom stereocenters. The van der Waals surface area contributed by atoms with Gasteiger partial charge in [-0.15, -0.1) is 0 Å². The van der Waals surface area contributed by atoms with E-state index in [-0.39, 0.29) is 31.1 Å². The predicted molar refractivity (Wildman–Crippen MR) is 362 cm³/mol. The van der Waals surface area contributed by atoms with Crippen LogP contribution in [0.2, 0.25) is 0 Å². The van der Waals surface area contributed by atoms with Crippen molar-refractivity contribution in [1.82, 2.24) is 0 Å². The van der Waals surface area contributed by atoms with Gasteiger partial charge in [0, 0.05) is 19.3 Å². The molecule has 0 spiro atoms. The number of hydrogen-bond acceptors (Lipinski definition) is 6. The number of unbranched alkanes of at least 4 members (excludes halogenated alkanes) is 44. The molecule has 0 aliphatic rings. The predicted octanol–water partition coefficient (Wildman–Crippen LogP) is 25.2. The molecule has 6 heteroatoms. The molecule has 1 atom stereocenters. The highest BCUT2D eigenvalue weighted by atomic mass is 16.6. The highest BCUT2D eigenvalue weighted by Gasteiger charge is 2.19. The minimum Gasteiger partial charge on any atom is -0.462 e. The lowest BCUT2D eigenvalue weighted by Crippen LogP contribution is -2.30. The van der Waals surface area contributed by atoms with Crippen LogP contribution in [0.15, 0.2) is 72.9 Å². The molecular weight excluding hydrogens is 1020 g/mol. The van der Waals surface area contributed by atoms with Crippen LogP contribution in [0.3, 0.4) is 0 Å². The molecule has 0 saturated heterocycles. The van der Waals surface area contributed by atoms with Gasteiger partial charge < -0.3 is 14.2 Å². The molecule has 0 heterocycles. The van der Waals surface area contributed by atoms with Crippen LogP contribution in [0.5, 0.6) is 0 Å². The Labute approximate surface area is 516 Å². The fraction of sp³-hybridized carbons (Fsp3) is 0.805. The molecule has 0 aromatic heterocycles. The number of ether oxygens (including phenoxy) is 3. The fourth-order valence-corrected chi connectivity index (χ4v) is 10.8. The van der Waals surface area contributed by atoms with E-state index >= 15 is 0 Å². The second-order valence-corrected chi connectivity index (χ2v) is 24.5. The van der Waals surface area contributed by atoms with Crippen molar-refractivity contribution < 1.29 is 28.6 Å². The molecule has 6 nitrogen and oxygen atoms in total. The Morgan fingerprint density at radius 1 is 0.253 bits per heavy atom. The topological polar surface area (TPSA) is 78.9 Å². The summed E-state index contributed by atoms with van der Waals surface area (Å²) in [6, 6.07) is 0. The summed E-state index contributed by atoms with van der Waals surface area (Å²) in [6.07, 6.45) is 94.0. The molecule has 0 amide bonds. The molecule has 482 valence electrons. The quantitative estimate of drug-likeness (QED) is 0.0261. The fourth-order valence-electron chi connectivity index (χ4n) is 10.8. The number of hydrogen-bond donors (Lipinski definition) is 0. The Balaban J connectivity index is 4.05. The number of esters is 3. The van der Waals surface area contributed by atoms with Gasteiger partial charge in [-0.25, -0.2) is 0 Å². The third-order valence-electron chi connectivity index (χ3n) is 16.2. The molecule has 83 heavy (non-hydrogen) atoms. The van der Waals surface area contributed by atoms with Crippen LogP contribution in [-0.4, -0.2) is 37.2 Å². The van der Waals surface area contributed by atoms with Gasteiger partial charge in [-0.1, -0.05) is 344 Å². The van der Waals surface area contributed by atoms with E-state index in [0.29, 0.717) is 19.3 Å². The highest BCUT2D eigenvalue weighted by Crippen LogP contribution is 2.18. The summed E-state index contributed by atoms with van der Waals surface area (Å²) in [6.45, 7) is 6.54. The van der Waals surface area contributed by atoms with Crippen LogP contribution >= 0.6 is 0 Å². The molecule has 0 saturated carbocycles.